The van der Waals surface area contributed by atoms with E-state index in [0.29, 0.717) is 11.3 Å². The van der Waals surface area contributed by atoms with Gasteiger partial charge in [0, 0.05) is 16.9 Å². The molecular formula is C22H18N2O3S. The molecule has 140 valence electrons. The second-order valence-corrected chi connectivity index (χ2v) is 8.18. The molecule has 0 saturated heterocycles. The fourth-order valence-corrected chi connectivity index (χ4v) is 4.32. The number of carbonyl (C=O) groups is 1. The SMILES string of the molecule is C/C(=C1/C(=O)Nc2ccccc21)c1ccc(NS(=O)(=O)c2ccccc2)cc1. The van der Waals surface area contributed by atoms with Gasteiger partial charge < -0.3 is 5.32 Å². The molecule has 4 rings (SSSR count). The molecule has 3 aromatic carbocycles. The third-order valence-corrected chi connectivity index (χ3v) is 6.07. The Morgan fingerprint density at radius 2 is 1.50 bits per heavy atom. The van der Waals surface area contributed by atoms with Crippen LogP contribution in [0.25, 0.3) is 11.1 Å². The third kappa shape index (κ3) is 3.30. The molecule has 1 aliphatic rings. The molecule has 0 fully saturated rings. The number of carbonyl (C=O) groups excluding carboxylic acids is 1. The maximum absolute atomic E-state index is 12.4. The number of sulfonamides is 1. The summed E-state index contributed by atoms with van der Waals surface area (Å²) in [6.07, 6.45) is 0. The number of anilines is 2. The van der Waals surface area contributed by atoms with Crippen LogP contribution in [0.1, 0.15) is 18.1 Å². The number of amides is 1. The van der Waals surface area contributed by atoms with Gasteiger partial charge in [-0.3, -0.25) is 9.52 Å². The van der Waals surface area contributed by atoms with Gasteiger partial charge in [0.1, 0.15) is 0 Å². The molecule has 1 aliphatic heterocycles. The lowest BCUT2D eigenvalue weighted by Gasteiger charge is -2.10. The van der Waals surface area contributed by atoms with E-state index in [1.807, 2.05) is 31.2 Å². The summed E-state index contributed by atoms with van der Waals surface area (Å²) in [6.45, 7) is 1.89. The molecule has 0 aromatic heterocycles. The summed E-state index contributed by atoms with van der Waals surface area (Å²) in [6, 6.07) is 22.8. The average molecular weight is 390 g/mol. The number of benzene rings is 3. The van der Waals surface area contributed by atoms with Gasteiger partial charge in [0.15, 0.2) is 0 Å². The molecule has 2 N–H and O–H groups in total. The van der Waals surface area contributed by atoms with Gasteiger partial charge in [-0.25, -0.2) is 8.42 Å². The molecule has 0 saturated carbocycles. The van der Waals surface area contributed by atoms with E-state index in [0.717, 1.165) is 22.4 Å². The monoisotopic (exact) mass is 390 g/mol. The predicted molar refractivity (Wildman–Crippen MR) is 111 cm³/mol. The van der Waals surface area contributed by atoms with Crippen LogP contribution >= 0.6 is 0 Å². The Labute approximate surface area is 163 Å². The molecule has 5 nitrogen and oxygen atoms in total. The Balaban J connectivity index is 1.63. The molecule has 0 aliphatic carbocycles. The quantitative estimate of drug-likeness (QED) is 0.650. The molecule has 0 radical (unpaired) electrons. The van der Waals surface area contributed by atoms with Crippen molar-refractivity contribution in [2.45, 2.75) is 11.8 Å². The first-order valence-corrected chi connectivity index (χ1v) is 10.2. The molecule has 1 heterocycles. The highest BCUT2D eigenvalue weighted by Crippen LogP contribution is 2.36. The van der Waals surface area contributed by atoms with Gasteiger partial charge in [0.05, 0.1) is 10.5 Å². The fraction of sp³-hybridized carbons (Fsp3) is 0.0455. The van der Waals surface area contributed by atoms with Crippen LogP contribution in [0.2, 0.25) is 0 Å². The van der Waals surface area contributed by atoms with Crippen LogP contribution in [0.15, 0.2) is 83.8 Å². The number of rotatable bonds is 4. The first-order valence-electron chi connectivity index (χ1n) is 8.76. The van der Waals surface area contributed by atoms with E-state index in [4.69, 9.17) is 0 Å². The molecule has 1 amide bonds. The van der Waals surface area contributed by atoms with E-state index in [1.165, 1.54) is 0 Å². The highest BCUT2D eigenvalue weighted by molar-refractivity contribution is 7.92. The van der Waals surface area contributed by atoms with E-state index in [-0.39, 0.29) is 10.8 Å². The number of nitrogens with one attached hydrogen (secondary N) is 2. The van der Waals surface area contributed by atoms with Crippen molar-refractivity contribution in [3.8, 4) is 0 Å². The lowest BCUT2D eigenvalue weighted by atomic mass is 9.96. The third-order valence-electron chi connectivity index (χ3n) is 4.67. The Kier molecular flexibility index (Phi) is 4.49. The summed E-state index contributed by atoms with van der Waals surface area (Å²) in [5.41, 5.74) is 4.45. The molecule has 0 bridgehead atoms. The standard InChI is InChI=1S/C22H18N2O3S/c1-15(21-19-9-5-6-10-20(19)23-22(21)25)16-11-13-17(14-12-16)24-28(26,27)18-7-3-2-4-8-18/h2-14,24H,1H3,(H,23,25)/b21-15-. The summed E-state index contributed by atoms with van der Waals surface area (Å²) in [5.74, 6) is -0.132. The van der Waals surface area contributed by atoms with Crippen molar-refractivity contribution in [1.29, 1.82) is 0 Å². The molecule has 6 heteroatoms. The number of fused-ring (bicyclic) bond motifs is 1. The summed E-state index contributed by atoms with van der Waals surface area (Å²) < 4.78 is 27.4. The zero-order valence-corrected chi connectivity index (χ0v) is 16.0. The van der Waals surface area contributed by atoms with Gasteiger partial charge >= 0.3 is 0 Å². The number of hydrogen-bond acceptors (Lipinski definition) is 3. The largest absolute Gasteiger partial charge is 0.321 e. The number of allylic oxidation sites excluding steroid dienone is 1. The van der Waals surface area contributed by atoms with Gasteiger partial charge in [-0.1, -0.05) is 48.5 Å². The van der Waals surface area contributed by atoms with Gasteiger partial charge in [-0.05, 0) is 48.4 Å². The Morgan fingerprint density at radius 1 is 0.857 bits per heavy atom. The Hall–Kier alpha value is -3.38. The smallest absolute Gasteiger partial charge is 0.261 e. The van der Waals surface area contributed by atoms with Crippen molar-refractivity contribution in [2.75, 3.05) is 10.0 Å². The fourth-order valence-electron chi connectivity index (χ4n) is 3.24. The normalized spacial score (nSPS) is 15.0. The van der Waals surface area contributed by atoms with Crippen LogP contribution in [0, 0.1) is 0 Å². The first-order chi connectivity index (χ1) is 13.5. The second kappa shape index (κ2) is 6.98. The minimum atomic E-state index is -3.64. The molecule has 28 heavy (non-hydrogen) atoms. The molecule has 3 aromatic rings. The summed E-state index contributed by atoms with van der Waals surface area (Å²) in [4.78, 5) is 12.6. The molecular weight excluding hydrogens is 372 g/mol. The van der Waals surface area contributed by atoms with Gasteiger partial charge in [-0.15, -0.1) is 0 Å². The average Bonchev–Trinajstić information content (AvgIpc) is 3.04. The number of para-hydroxylation sites is 1. The van der Waals surface area contributed by atoms with E-state index in [9.17, 15) is 13.2 Å². The molecule has 0 unspecified atom stereocenters. The predicted octanol–water partition coefficient (Wildman–Crippen LogP) is 4.37. The van der Waals surface area contributed by atoms with Gasteiger partial charge in [0.2, 0.25) is 0 Å². The highest BCUT2D eigenvalue weighted by Gasteiger charge is 2.26. The van der Waals surface area contributed by atoms with Crippen LogP contribution in [0.3, 0.4) is 0 Å². The van der Waals surface area contributed by atoms with Crippen LogP contribution in [-0.2, 0) is 14.8 Å². The second-order valence-electron chi connectivity index (χ2n) is 6.50. The zero-order valence-electron chi connectivity index (χ0n) is 15.1. The van der Waals surface area contributed by atoms with E-state index < -0.39 is 10.0 Å². The first kappa shape index (κ1) is 18.0. The van der Waals surface area contributed by atoms with Crippen LogP contribution in [-0.4, -0.2) is 14.3 Å². The van der Waals surface area contributed by atoms with Crippen molar-refractivity contribution in [3.05, 3.63) is 90.0 Å². The summed E-state index contributed by atoms with van der Waals surface area (Å²) in [5, 5.41) is 2.87. The maximum atomic E-state index is 12.4. The van der Waals surface area contributed by atoms with Crippen LogP contribution in [0.5, 0.6) is 0 Å². The lowest BCUT2D eigenvalue weighted by Crippen LogP contribution is -2.12. The van der Waals surface area contributed by atoms with E-state index >= 15 is 0 Å². The molecule has 0 atom stereocenters. The number of hydrogen-bond donors (Lipinski definition) is 2. The Morgan fingerprint density at radius 3 is 2.21 bits per heavy atom. The highest BCUT2D eigenvalue weighted by atomic mass is 32.2. The van der Waals surface area contributed by atoms with E-state index in [2.05, 4.69) is 10.0 Å². The van der Waals surface area contributed by atoms with Crippen molar-refractivity contribution in [1.82, 2.24) is 0 Å². The minimum absolute atomic E-state index is 0.132. The van der Waals surface area contributed by atoms with Crippen molar-refractivity contribution < 1.29 is 13.2 Å². The van der Waals surface area contributed by atoms with Crippen molar-refractivity contribution in [2.24, 2.45) is 0 Å². The van der Waals surface area contributed by atoms with Crippen LogP contribution < -0.4 is 10.0 Å². The summed E-state index contributed by atoms with van der Waals surface area (Å²) >= 11 is 0. The van der Waals surface area contributed by atoms with Crippen molar-refractivity contribution in [3.63, 3.8) is 0 Å². The van der Waals surface area contributed by atoms with Gasteiger partial charge in [0.25, 0.3) is 15.9 Å². The van der Waals surface area contributed by atoms with Crippen LogP contribution in [0.4, 0.5) is 11.4 Å². The van der Waals surface area contributed by atoms with E-state index in [1.54, 1.807) is 54.6 Å². The lowest BCUT2D eigenvalue weighted by molar-refractivity contribution is -0.110. The maximum Gasteiger partial charge on any atom is 0.261 e. The van der Waals surface area contributed by atoms with Crippen molar-refractivity contribution >= 4 is 38.5 Å². The molecule has 0 spiro atoms. The Bertz CT molecular complexity index is 1180. The zero-order chi connectivity index (χ0) is 19.7. The minimum Gasteiger partial charge on any atom is -0.321 e. The topological polar surface area (TPSA) is 75.3 Å². The summed E-state index contributed by atoms with van der Waals surface area (Å²) in [7, 11) is -3.64. The van der Waals surface area contributed by atoms with Gasteiger partial charge in [-0.2, -0.15) is 0 Å².